The first kappa shape index (κ1) is 27.7. The van der Waals surface area contributed by atoms with Crippen molar-refractivity contribution in [1.29, 1.82) is 0 Å². The van der Waals surface area contributed by atoms with Crippen molar-refractivity contribution < 1.29 is 27.8 Å². The highest BCUT2D eigenvalue weighted by Gasteiger charge is 2.48. The van der Waals surface area contributed by atoms with Gasteiger partial charge in [-0.25, -0.2) is 14.4 Å². The number of rotatable bonds is 10. The Kier molecular flexibility index (Phi) is 7.93. The van der Waals surface area contributed by atoms with Crippen molar-refractivity contribution in [3.8, 4) is 23.8 Å². The highest BCUT2D eigenvalue weighted by molar-refractivity contribution is 5.91. The van der Waals surface area contributed by atoms with E-state index in [1.807, 2.05) is 0 Å². The Morgan fingerprint density at radius 2 is 1.85 bits per heavy atom. The van der Waals surface area contributed by atoms with Crippen molar-refractivity contribution in [3.05, 3.63) is 83.2 Å². The van der Waals surface area contributed by atoms with Crippen molar-refractivity contribution in [3.63, 3.8) is 0 Å². The smallest absolute Gasteiger partial charge is 0.303 e. The minimum Gasteiger partial charge on any atom is -0.489 e. The summed E-state index contributed by atoms with van der Waals surface area (Å²) in [6, 6.07) is 10.5. The normalized spacial score (nSPS) is 11.7. The molecule has 2 aromatic heterocycles. The van der Waals surface area contributed by atoms with Crippen LogP contribution in [0.2, 0.25) is 0 Å². The summed E-state index contributed by atoms with van der Waals surface area (Å²) in [6.45, 7) is 3.83. The van der Waals surface area contributed by atoms with Crippen molar-refractivity contribution in [2.45, 2.75) is 38.8 Å². The van der Waals surface area contributed by atoms with Crippen LogP contribution in [0.15, 0.2) is 54.9 Å². The van der Waals surface area contributed by atoms with Crippen LogP contribution in [-0.4, -0.2) is 38.9 Å². The molecule has 4 aromatic rings. The highest BCUT2D eigenvalue weighted by Crippen LogP contribution is 2.40. The van der Waals surface area contributed by atoms with E-state index in [0.717, 1.165) is 19.9 Å². The topological polar surface area (TPSA) is 89.4 Å². The molecule has 0 saturated carbocycles. The minimum atomic E-state index is -3.80. The molecule has 0 aliphatic rings. The maximum atomic E-state index is 15.1. The minimum absolute atomic E-state index is 0.0230. The van der Waals surface area contributed by atoms with Gasteiger partial charge in [-0.15, -0.1) is 6.42 Å². The van der Waals surface area contributed by atoms with E-state index in [1.165, 1.54) is 12.1 Å². The fourth-order valence-electron chi connectivity index (χ4n) is 3.85. The third-order valence-corrected chi connectivity index (χ3v) is 5.94. The number of anilines is 1. The number of aryl methyl sites for hydroxylation is 1. The second kappa shape index (κ2) is 11.2. The molecule has 0 radical (unpaired) electrons. The number of hydrogen-bond acceptors (Lipinski definition) is 7. The Hall–Kier alpha value is -4.36. The number of aliphatic hydroxyl groups is 1. The molecule has 2 heterocycles. The SMILES string of the molecule is C#Cc1cc2nc(C)nc(NCc3cccc(C(F)(F)C(C)(C)O)c3F)c2cc1OCCOc1cccnc1. The van der Waals surface area contributed by atoms with Gasteiger partial charge in [-0.2, -0.15) is 8.78 Å². The Morgan fingerprint density at radius 3 is 2.54 bits per heavy atom. The molecule has 0 unspecified atom stereocenters. The van der Waals surface area contributed by atoms with Crippen LogP contribution in [0.4, 0.5) is 19.0 Å². The lowest BCUT2D eigenvalue weighted by Crippen LogP contribution is -2.41. The summed E-state index contributed by atoms with van der Waals surface area (Å²) < 4.78 is 56.0. The van der Waals surface area contributed by atoms with Gasteiger partial charge in [0.1, 0.15) is 47.8 Å². The van der Waals surface area contributed by atoms with E-state index in [-0.39, 0.29) is 25.3 Å². The first-order valence-electron chi connectivity index (χ1n) is 12.1. The average Bonchev–Trinajstić information content (AvgIpc) is 2.89. The Balaban J connectivity index is 1.58. The largest absolute Gasteiger partial charge is 0.489 e. The average molecular weight is 537 g/mol. The van der Waals surface area contributed by atoms with Crippen LogP contribution < -0.4 is 14.8 Å². The molecule has 202 valence electrons. The van der Waals surface area contributed by atoms with Crippen molar-refractivity contribution in [1.82, 2.24) is 15.0 Å². The molecular formula is C29H27F3N4O3. The van der Waals surface area contributed by atoms with Gasteiger partial charge in [-0.3, -0.25) is 4.98 Å². The maximum Gasteiger partial charge on any atom is 0.303 e. The molecule has 0 aliphatic carbocycles. The van der Waals surface area contributed by atoms with Gasteiger partial charge in [0.2, 0.25) is 0 Å². The van der Waals surface area contributed by atoms with E-state index >= 15 is 4.39 Å². The molecule has 39 heavy (non-hydrogen) atoms. The Labute approximate surface area is 224 Å². The van der Waals surface area contributed by atoms with Gasteiger partial charge in [0, 0.05) is 23.7 Å². The third kappa shape index (κ3) is 6.04. The van der Waals surface area contributed by atoms with Crippen molar-refractivity contribution >= 4 is 16.7 Å². The van der Waals surface area contributed by atoms with E-state index < -0.39 is 22.9 Å². The van der Waals surface area contributed by atoms with Crippen molar-refractivity contribution in [2.75, 3.05) is 18.5 Å². The summed E-state index contributed by atoms with van der Waals surface area (Å²) in [5.41, 5.74) is -2.36. The van der Waals surface area contributed by atoms with Crippen LogP contribution in [-0.2, 0) is 12.5 Å². The number of pyridine rings is 1. The number of nitrogens with zero attached hydrogens (tertiary/aromatic N) is 3. The summed E-state index contributed by atoms with van der Waals surface area (Å²) in [6.07, 6.45) is 8.93. The first-order valence-corrected chi connectivity index (χ1v) is 12.1. The third-order valence-electron chi connectivity index (χ3n) is 5.94. The van der Waals surface area contributed by atoms with Crippen LogP contribution >= 0.6 is 0 Å². The predicted molar refractivity (Wildman–Crippen MR) is 141 cm³/mol. The molecule has 0 bridgehead atoms. The maximum absolute atomic E-state index is 15.1. The molecule has 0 spiro atoms. The number of ether oxygens (including phenoxy) is 2. The van der Waals surface area contributed by atoms with Gasteiger partial charge in [-0.1, -0.05) is 18.1 Å². The Morgan fingerprint density at radius 1 is 1.08 bits per heavy atom. The zero-order chi connectivity index (χ0) is 28.2. The number of benzene rings is 2. The van der Waals surface area contributed by atoms with Crippen LogP contribution in [0, 0.1) is 25.1 Å². The molecule has 10 heteroatoms. The Bertz CT molecular complexity index is 1520. The van der Waals surface area contributed by atoms with Crippen LogP contribution in [0.1, 0.15) is 36.4 Å². The lowest BCUT2D eigenvalue weighted by molar-refractivity contribution is -0.170. The second-order valence-corrected chi connectivity index (χ2v) is 9.28. The molecule has 2 aromatic carbocycles. The van der Waals surface area contributed by atoms with E-state index in [9.17, 15) is 13.9 Å². The number of nitrogens with one attached hydrogen (secondary N) is 1. The first-order chi connectivity index (χ1) is 18.5. The van der Waals surface area contributed by atoms with Gasteiger partial charge < -0.3 is 19.9 Å². The number of aromatic nitrogens is 3. The molecule has 0 aliphatic heterocycles. The number of alkyl halides is 2. The lowest BCUT2D eigenvalue weighted by Gasteiger charge is -2.30. The van der Waals surface area contributed by atoms with E-state index in [1.54, 1.807) is 43.6 Å². The zero-order valence-electron chi connectivity index (χ0n) is 21.6. The highest BCUT2D eigenvalue weighted by atomic mass is 19.3. The lowest BCUT2D eigenvalue weighted by atomic mass is 9.92. The van der Waals surface area contributed by atoms with Gasteiger partial charge in [0.25, 0.3) is 0 Å². The predicted octanol–water partition coefficient (Wildman–Crippen LogP) is 5.39. The van der Waals surface area contributed by atoms with Crippen LogP contribution in [0.25, 0.3) is 10.9 Å². The van der Waals surface area contributed by atoms with Gasteiger partial charge in [0.05, 0.1) is 22.8 Å². The summed E-state index contributed by atoms with van der Waals surface area (Å²) in [7, 11) is 0. The summed E-state index contributed by atoms with van der Waals surface area (Å²) in [5, 5.41) is 13.5. The summed E-state index contributed by atoms with van der Waals surface area (Å²) in [4.78, 5) is 12.8. The standard InChI is InChI=1S/C29H27F3N4O3/c1-5-19-14-24-22(15-25(19)39-13-12-38-21-9-7-11-33-17-21)27(36-18(2)35-24)34-16-20-8-6-10-23(26(20)30)29(31,32)28(3,4)37/h1,6-11,14-15,17,37H,12-13,16H2,2-4H3,(H,34,35,36). The molecule has 4 rings (SSSR count). The molecule has 0 saturated heterocycles. The second-order valence-electron chi connectivity index (χ2n) is 9.28. The van der Waals surface area contributed by atoms with Crippen LogP contribution in [0.5, 0.6) is 11.5 Å². The van der Waals surface area contributed by atoms with Gasteiger partial charge in [-0.05, 0) is 51.1 Å². The van der Waals surface area contributed by atoms with E-state index in [2.05, 4.69) is 26.2 Å². The van der Waals surface area contributed by atoms with Crippen LogP contribution in [0.3, 0.4) is 0 Å². The zero-order valence-corrected chi connectivity index (χ0v) is 21.6. The quantitative estimate of drug-likeness (QED) is 0.208. The molecule has 2 N–H and O–H groups in total. The fraction of sp³-hybridized carbons (Fsp3) is 0.276. The molecule has 0 amide bonds. The summed E-state index contributed by atoms with van der Waals surface area (Å²) >= 11 is 0. The van der Waals surface area contributed by atoms with E-state index in [0.29, 0.717) is 39.6 Å². The number of halogens is 3. The van der Waals surface area contributed by atoms with E-state index in [4.69, 9.17) is 15.9 Å². The fourth-order valence-corrected chi connectivity index (χ4v) is 3.85. The molecule has 7 nitrogen and oxygen atoms in total. The van der Waals surface area contributed by atoms with Crippen molar-refractivity contribution in [2.24, 2.45) is 0 Å². The molecule has 0 fully saturated rings. The molecular weight excluding hydrogens is 509 g/mol. The van der Waals surface area contributed by atoms with Gasteiger partial charge in [0.15, 0.2) is 0 Å². The summed E-state index contributed by atoms with van der Waals surface area (Å²) in [5.74, 6) is -0.561. The monoisotopic (exact) mass is 536 g/mol. The molecule has 0 atom stereocenters. The van der Waals surface area contributed by atoms with Gasteiger partial charge >= 0.3 is 5.92 Å². The number of hydrogen-bond donors (Lipinski definition) is 2. The number of fused-ring (bicyclic) bond motifs is 1. The number of terminal acetylenes is 1.